The van der Waals surface area contributed by atoms with E-state index in [2.05, 4.69) is 16.0 Å². The first-order valence-corrected chi connectivity index (χ1v) is 9.92. The van der Waals surface area contributed by atoms with Crippen molar-refractivity contribution in [1.82, 2.24) is 19.8 Å². The Morgan fingerprint density at radius 1 is 1.45 bits per heavy atom. The molecule has 0 unspecified atom stereocenters. The molecule has 0 aliphatic carbocycles. The lowest BCUT2D eigenvalue weighted by Crippen LogP contribution is -2.44. The molecule has 5 rings (SSSR count). The number of rotatable bonds is 5. The number of imidazole rings is 1. The number of aromatic amines is 1. The summed E-state index contributed by atoms with van der Waals surface area (Å²) in [4.78, 5) is 37.3. The van der Waals surface area contributed by atoms with Crippen LogP contribution in [0.2, 0.25) is 0 Å². The number of benzene rings is 1. The lowest BCUT2D eigenvalue weighted by atomic mass is 9.76. The van der Waals surface area contributed by atoms with Crippen LogP contribution in [0.4, 0.5) is 0 Å². The molecule has 2 aromatic rings. The third kappa shape index (κ3) is 2.88. The summed E-state index contributed by atoms with van der Waals surface area (Å²) >= 11 is 0. The molecule has 1 N–H and O–H groups in total. The van der Waals surface area contributed by atoms with Gasteiger partial charge in [0, 0.05) is 26.0 Å². The predicted octanol–water partition coefficient (Wildman–Crippen LogP) is 1.66. The zero-order valence-electron chi connectivity index (χ0n) is 16.5. The van der Waals surface area contributed by atoms with E-state index < -0.39 is 17.4 Å². The van der Waals surface area contributed by atoms with Crippen LogP contribution in [0, 0.1) is 18.8 Å². The van der Waals surface area contributed by atoms with Gasteiger partial charge in [0.1, 0.15) is 11.4 Å². The van der Waals surface area contributed by atoms with Gasteiger partial charge in [-0.15, -0.1) is 0 Å². The third-order valence-electron chi connectivity index (χ3n) is 6.24. The first-order valence-electron chi connectivity index (χ1n) is 9.92. The average molecular weight is 392 g/mol. The molecule has 4 heterocycles. The summed E-state index contributed by atoms with van der Waals surface area (Å²) in [5, 5.41) is 0. The third-order valence-corrected chi connectivity index (χ3v) is 6.24. The van der Waals surface area contributed by atoms with Crippen LogP contribution in [0.3, 0.4) is 0 Å². The molecule has 2 amide bonds. The highest BCUT2D eigenvalue weighted by Gasteiger charge is 2.67. The second kappa shape index (κ2) is 6.56. The zero-order chi connectivity index (χ0) is 20.2. The molecule has 7 nitrogen and oxygen atoms in total. The Bertz CT molecular complexity index is 986. The van der Waals surface area contributed by atoms with Crippen molar-refractivity contribution in [3.63, 3.8) is 0 Å². The maximum atomic E-state index is 13.3. The highest BCUT2D eigenvalue weighted by Crippen LogP contribution is 2.52. The van der Waals surface area contributed by atoms with E-state index in [1.165, 1.54) is 0 Å². The molecule has 1 aromatic carbocycles. The molecule has 3 aliphatic rings. The number of aromatic nitrogens is 2. The smallest absolute Gasteiger partial charge is 0.230 e. The summed E-state index contributed by atoms with van der Waals surface area (Å²) in [6, 6.07) is 8.16. The minimum Gasteiger partial charge on any atom is -0.360 e. The Hall–Kier alpha value is -2.93. The van der Waals surface area contributed by atoms with E-state index in [0.29, 0.717) is 25.5 Å². The summed E-state index contributed by atoms with van der Waals surface area (Å²) in [6.07, 6.45) is 7.00. The number of hydrogen-bond donors (Lipinski definition) is 1. The van der Waals surface area contributed by atoms with Crippen LogP contribution in [-0.4, -0.2) is 56.9 Å². The number of carbonyl (C=O) groups excluding carboxylic acids is 2. The molecule has 2 bridgehead atoms. The van der Waals surface area contributed by atoms with Crippen molar-refractivity contribution in [3.8, 4) is 0 Å². The van der Waals surface area contributed by atoms with E-state index in [1.807, 2.05) is 42.2 Å². The quantitative estimate of drug-likeness (QED) is 0.785. The Morgan fingerprint density at radius 3 is 3.07 bits per heavy atom. The van der Waals surface area contributed by atoms with E-state index in [-0.39, 0.29) is 17.9 Å². The van der Waals surface area contributed by atoms with E-state index in [9.17, 15) is 9.59 Å². The van der Waals surface area contributed by atoms with Crippen molar-refractivity contribution in [2.24, 2.45) is 11.8 Å². The predicted molar refractivity (Wildman–Crippen MR) is 105 cm³/mol. The largest absolute Gasteiger partial charge is 0.360 e. The Balaban J connectivity index is 1.37. The molecule has 3 aliphatic heterocycles. The summed E-state index contributed by atoms with van der Waals surface area (Å²) in [6.45, 7) is 3.44. The second-order valence-electron chi connectivity index (χ2n) is 8.31. The maximum Gasteiger partial charge on any atom is 0.230 e. The number of ether oxygens (including phenoxy) is 1. The van der Waals surface area contributed by atoms with Crippen LogP contribution >= 0.6 is 0 Å². The zero-order valence-corrected chi connectivity index (χ0v) is 16.5. The van der Waals surface area contributed by atoms with Gasteiger partial charge in [0.2, 0.25) is 11.8 Å². The molecule has 29 heavy (non-hydrogen) atoms. The molecule has 7 heteroatoms. The van der Waals surface area contributed by atoms with E-state index in [4.69, 9.17) is 4.74 Å². The van der Waals surface area contributed by atoms with E-state index >= 15 is 0 Å². The van der Waals surface area contributed by atoms with E-state index in [1.54, 1.807) is 24.3 Å². The minimum absolute atomic E-state index is 0.00287. The summed E-state index contributed by atoms with van der Waals surface area (Å²) in [5.74, 6) is -0.311. The number of hydrogen-bond acceptors (Lipinski definition) is 4. The summed E-state index contributed by atoms with van der Waals surface area (Å²) in [7, 11) is 1.75. The van der Waals surface area contributed by atoms with Crippen LogP contribution in [0.25, 0.3) is 0 Å². The fraction of sp³-hybridized carbons (Fsp3) is 0.409. The van der Waals surface area contributed by atoms with Crippen molar-refractivity contribution >= 4 is 11.8 Å². The van der Waals surface area contributed by atoms with Gasteiger partial charge in [-0.3, -0.25) is 9.59 Å². The Kier molecular flexibility index (Phi) is 4.10. The molecule has 0 radical (unpaired) electrons. The molecule has 1 spiro atoms. The van der Waals surface area contributed by atoms with Gasteiger partial charge in [-0.2, -0.15) is 0 Å². The molecule has 2 saturated heterocycles. The molecule has 150 valence electrons. The highest BCUT2D eigenvalue weighted by atomic mass is 16.5. The number of nitrogens with zero attached hydrogens (tertiary/aromatic N) is 3. The number of carbonyl (C=O) groups is 2. The van der Waals surface area contributed by atoms with Crippen LogP contribution in [0.5, 0.6) is 0 Å². The van der Waals surface area contributed by atoms with Gasteiger partial charge in [-0.1, -0.05) is 42.0 Å². The van der Waals surface area contributed by atoms with Crippen molar-refractivity contribution in [2.75, 3.05) is 13.6 Å². The SMILES string of the molecule is Cc1cccc(CN2C[C@]34C=C[C@H](O3)[C@H](C(=O)N(C)Cc3ncc[nH]3)[C@@H]4C2=O)c1. The number of likely N-dealkylation sites (tertiary alicyclic amines) is 1. The summed E-state index contributed by atoms with van der Waals surface area (Å²) in [5.41, 5.74) is 1.57. The fourth-order valence-corrected chi connectivity index (χ4v) is 4.97. The first kappa shape index (κ1) is 18.1. The number of fused-ring (bicyclic) bond motifs is 1. The van der Waals surface area contributed by atoms with Crippen molar-refractivity contribution in [3.05, 3.63) is 65.8 Å². The van der Waals surface area contributed by atoms with Crippen LogP contribution < -0.4 is 0 Å². The van der Waals surface area contributed by atoms with Crippen molar-refractivity contribution in [2.45, 2.75) is 31.7 Å². The fourth-order valence-electron chi connectivity index (χ4n) is 4.97. The first-order chi connectivity index (χ1) is 14.0. The normalized spacial score (nSPS) is 29.5. The van der Waals surface area contributed by atoms with Gasteiger partial charge in [0.15, 0.2) is 0 Å². The Morgan fingerprint density at radius 2 is 2.31 bits per heavy atom. The van der Waals surface area contributed by atoms with Gasteiger partial charge in [0.25, 0.3) is 0 Å². The van der Waals surface area contributed by atoms with Crippen LogP contribution in [0.15, 0.2) is 48.8 Å². The monoisotopic (exact) mass is 392 g/mol. The van der Waals surface area contributed by atoms with Crippen molar-refractivity contribution < 1.29 is 14.3 Å². The second-order valence-corrected chi connectivity index (χ2v) is 8.31. The standard InChI is InChI=1S/C22H24N4O3/c1-14-4-3-5-15(10-14)11-26-13-22-7-6-16(29-22)18(19(22)21(26)28)20(27)25(2)12-17-23-8-9-24-17/h3-10,16,18-19H,11-13H2,1-2H3,(H,23,24)/t16-,18-,19+,22-/m0/s1. The number of nitrogens with one attached hydrogen (secondary N) is 1. The topological polar surface area (TPSA) is 78.5 Å². The number of amides is 2. The number of H-pyrrole nitrogens is 1. The molecular formula is C22H24N4O3. The lowest BCUT2D eigenvalue weighted by Gasteiger charge is -2.27. The highest BCUT2D eigenvalue weighted by molar-refractivity contribution is 5.93. The lowest BCUT2D eigenvalue weighted by molar-refractivity contribution is -0.143. The van der Waals surface area contributed by atoms with Gasteiger partial charge in [-0.25, -0.2) is 4.98 Å². The van der Waals surface area contributed by atoms with Crippen LogP contribution in [0.1, 0.15) is 17.0 Å². The molecule has 0 saturated carbocycles. The maximum absolute atomic E-state index is 13.3. The van der Waals surface area contributed by atoms with Crippen LogP contribution in [-0.2, 0) is 27.4 Å². The van der Waals surface area contributed by atoms with Gasteiger partial charge < -0.3 is 19.5 Å². The summed E-state index contributed by atoms with van der Waals surface area (Å²) < 4.78 is 6.22. The minimum atomic E-state index is -0.683. The van der Waals surface area contributed by atoms with Gasteiger partial charge >= 0.3 is 0 Å². The van der Waals surface area contributed by atoms with E-state index in [0.717, 1.165) is 11.1 Å². The van der Waals surface area contributed by atoms with Crippen molar-refractivity contribution in [1.29, 1.82) is 0 Å². The molecule has 2 fully saturated rings. The molecule has 1 aromatic heterocycles. The average Bonchev–Trinajstić information content (AvgIpc) is 3.45. The van der Waals surface area contributed by atoms with Gasteiger partial charge in [-0.05, 0) is 12.5 Å². The molecular weight excluding hydrogens is 368 g/mol. The molecule has 4 atom stereocenters. The Labute approximate surface area is 169 Å². The van der Waals surface area contributed by atoms with Gasteiger partial charge in [0.05, 0.1) is 31.0 Å². The number of aryl methyl sites for hydroxylation is 1.